The van der Waals surface area contributed by atoms with Gasteiger partial charge in [-0.05, 0) is 18.9 Å². The molecule has 0 aliphatic heterocycles. The Morgan fingerprint density at radius 2 is 2.11 bits per heavy atom. The zero-order valence-corrected chi connectivity index (χ0v) is 12.4. The topological polar surface area (TPSA) is 77.1 Å². The van der Waals surface area contributed by atoms with Gasteiger partial charge in [0, 0.05) is 18.8 Å². The van der Waals surface area contributed by atoms with Crippen LogP contribution in [0.1, 0.15) is 20.8 Å². The molecule has 1 atom stereocenters. The maximum Gasteiger partial charge on any atom is 0.250 e. The van der Waals surface area contributed by atoms with Crippen LogP contribution in [0.25, 0.3) is 0 Å². The van der Waals surface area contributed by atoms with Gasteiger partial charge in [0.2, 0.25) is 5.91 Å². The summed E-state index contributed by atoms with van der Waals surface area (Å²) in [6, 6.07) is 4.80. The Labute approximate surface area is 119 Å². The minimum absolute atomic E-state index is 0. The van der Waals surface area contributed by atoms with E-state index < -0.39 is 5.54 Å². The van der Waals surface area contributed by atoms with Gasteiger partial charge in [0.15, 0.2) is 0 Å². The lowest BCUT2D eigenvalue weighted by molar-refractivity contribution is -0.123. The van der Waals surface area contributed by atoms with Crippen molar-refractivity contribution in [1.29, 1.82) is 0 Å². The molecule has 1 aromatic rings. The van der Waals surface area contributed by atoms with E-state index >= 15 is 0 Å². The van der Waals surface area contributed by atoms with Crippen molar-refractivity contribution in [1.82, 2.24) is 9.88 Å². The number of carbonyl (C=O) groups is 1. The lowest BCUT2D eigenvalue weighted by atomic mass is 9.88. The van der Waals surface area contributed by atoms with Gasteiger partial charge in [0.1, 0.15) is 6.54 Å². The Balaban J connectivity index is 0.00000324. The van der Waals surface area contributed by atoms with Crippen LogP contribution < -0.4 is 16.6 Å². The first kappa shape index (κ1) is 17.7. The third-order valence-corrected chi connectivity index (χ3v) is 3.34. The Morgan fingerprint density at radius 1 is 1.47 bits per heavy atom. The van der Waals surface area contributed by atoms with Crippen LogP contribution in [0, 0.1) is 5.92 Å². The zero-order chi connectivity index (χ0) is 13.8. The number of nitrogens with zero attached hydrogens (tertiary/aromatic N) is 1. The van der Waals surface area contributed by atoms with Crippen molar-refractivity contribution in [2.75, 3.05) is 6.54 Å². The number of carbonyl (C=O) groups excluding carboxylic acids is 1. The summed E-state index contributed by atoms with van der Waals surface area (Å²) in [5.41, 5.74) is 5.06. The molecule has 1 aromatic heterocycles. The summed E-state index contributed by atoms with van der Waals surface area (Å²) < 4.78 is 1.37. The van der Waals surface area contributed by atoms with E-state index in [2.05, 4.69) is 5.32 Å². The minimum Gasteiger partial charge on any atom is -0.348 e. The highest BCUT2D eigenvalue weighted by Crippen LogP contribution is 2.14. The van der Waals surface area contributed by atoms with Crippen molar-refractivity contribution in [3.8, 4) is 0 Å². The van der Waals surface area contributed by atoms with Gasteiger partial charge in [-0.15, -0.1) is 12.4 Å². The summed E-state index contributed by atoms with van der Waals surface area (Å²) in [6.07, 6.45) is 1.59. The van der Waals surface area contributed by atoms with Crippen molar-refractivity contribution in [2.45, 2.75) is 32.9 Å². The normalized spacial score (nSPS) is 13.5. The average molecular weight is 288 g/mol. The van der Waals surface area contributed by atoms with Crippen molar-refractivity contribution < 1.29 is 4.79 Å². The molecule has 108 valence electrons. The lowest BCUT2D eigenvalue weighted by Crippen LogP contribution is -2.55. The fourth-order valence-corrected chi connectivity index (χ4v) is 1.54. The van der Waals surface area contributed by atoms with Gasteiger partial charge in [0.25, 0.3) is 5.56 Å². The monoisotopic (exact) mass is 287 g/mol. The number of nitrogens with one attached hydrogen (secondary N) is 1. The van der Waals surface area contributed by atoms with E-state index in [4.69, 9.17) is 5.73 Å². The van der Waals surface area contributed by atoms with Crippen LogP contribution in [-0.2, 0) is 11.3 Å². The number of rotatable bonds is 5. The Hall–Kier alpha value is -1.33. The summed E-state index contributed by atoms with van der Waals surface area (Å²) in [6.45, 7) is 6.29. The smallest absolute Gasteiger partial charge is 0.250 e. The summed E-state index contributed by atoms with van der Waals surface area (Å²) in [7, 11) is 0. The fourth-order valence-electron chi connectivity index (χ4n) is 1.54. The zero-order valence-electron chi connectivity index (χ0n) is 11.6. The van der Waals surface area contributed by atoms with Crippen LogP contribution >= 0.6 is 12.4 Å². The lowest BCUT2D eigenvalue weighted by Gasteiger charge is -2.33. The number of amides is 1. The quantitative estimate of drug-likeness (QED) is 0.839. The standard InChI is InChI=1S/C13H21N3O2.ClH/c1-10(2)13(3,9-14)15-11(17)8-16-7-5-4-6-12(16)18;/h4-7,10H,8-9,14H2,1-3H3,(H,15,17);1H. The van der Waals surface area contributed by atoms with Crippen molar-refractivity contribution in [3.05, 3.63) is 34.7 Å². The second-order valence-electron chi connectivity index (χ2n) is 4.99. The minimum atomic E-state index is -0.449. The number of halogens is 1. The molecular formula is C13H22ClN3O2. The largest absolute Gasteiger partial charge is 0.348 e. The van der Waals surface area contributed by atoms with E-state index in [1.54, 1.807) is 18.3 Å². The molecule has 0 bridgehead atoms. The Bertz CT molecular complexity index is 473. The second kappa shape index (κ2) is 7.31. The summed E-state index contributed by atoms with van der Waals surface area (Å²) in [5, 5.41) is 2.89. The van der Waals surface area contributed by atoms with E-state index in [0.29, 0.717) is 6.54 Å². The fraction of sp³-hybridized carbons (Fsp3) is 0.538. The average Bonchev–Trinajstić information content (AvgIpc) is 2.31. The predicted molar refractivity (Wildman–Crippen MR) is 78.4 cm³/mol. The molecule has 1 heterocycles. The summed E-state index contributed by atoms with van der Waals surface area (Å²) in [4.78, 5) is 23.4. The molecule has 1 amide bonds. The van der Waals surface area contributed by atoms with Crippen LogP contribution in [-0.4, -0.2) is 22.6 Å². The molecule has 0 saturated heterocycles. The maximum atomic E-state index is 11.9. The third-order valence-electron chi connectivity index (χ3n) is 3.34. The molecule has 0 aliphatic rings. The third kappa shape index (κ3) is 4.69. The molecule has 0 radical (unpaired) electrons. The van der Waals surface area contributed by atoms with E-state index in [-0.39, 0.29) is 36.3 Å². The first-order valence-corrected chi connectivity index (χ1v) is 6.05. The van der Waals surface area contributed by atoms with E-state index in [0.717, 1.165) is 0 Å². The van der Waals surface area contributed by atoms with Gasteiger partial charge in [-0.1, -0.05) is 19.9 Å². The number of aromatic nitrogens is 1. The van der Waals surface area contributed by atoms with Crippen molar-refractivity contribution >= 4 is 18.3 Å². The summed E-state index contributed by atoms with van der Waals surface area (Å²) >= 11 is 0. The van der Waals surface area contributed by atoms with Crippen LogP contribution in [0.4, 0.5) is 0 Å². The molecule has 5 nitrogen and oxygen atoms in total. The number of nitrogens with two attached hydrogens (primary N) is 1. The molecule has 1 rings (SSSR count). The first-order chi connectivity index (χ1) is 8.39. The van der Waals surface area contributed by atoms with E-state index in [9.17, 15) is 9.59 Å². The van der Waals surface area contributed by atoms with Gasteiger partial charge in [-0.3, -0.25) is 9.59 Å². The van der Waals surface area contributed by atoms with Crippen molar-refractivity contribution in [2.24, 2.45) is 11.7 Å². The molecule has 0 aromatic carbocycles. The number of hydrogen-bond acceptors (Lipinski definition) is 3. The summed E-state index contributed by atoms with van der Waals surface area (Å²) in [5.74, 6) is 0.0175. The SMILES string of the molecule is CC(C)C(C)(CN)NC(=O)Cn1ccccc1=O.Cl. The first-order valence-electron chi connectivity index (χ1n) is 6.05. The van der Waals surface area contributed by atoms with E-state index in [1.165, 1.54) is 10.6 Å². The molecule has 0 spiro atoms. The Morgan fingerprint density at radius 3 is 2.58 bits per heavy atom. The Kier molecular flexibility index (Phi) is 6.79. The van der Waals surface area contributed by atoms with Gasteiger partial charge in [-0.25, -0.2) is 0 Å². The molecule has 0 saturated carbocycles. The molecule has 3 N–H and O–H groups in total. The molecule has 6 heteroatoms. The number of hydrogen-bond donors (Lipinski definition) is 2. The second-order valence-corrected chi connectivity index (χ2v) is 4.99. The molecular weight excluding hydrogens is 266 g/mol. The van der Waals surface area contributed by atoms with Crippen LogP contribution in [0.3, 0.4) is 0 Å². The van der Waals surface area contributed by atoms with Gasteiger partial charge in [-0.2, -0.15) is 0 Å². The van der Waals surface area contributed by atoms with Gasteiger partial charge in [0.05, 0.1) is 5.54 Å². The highest BCUT2D eigenvalue weighted by Gasteiger charge is 2.28. The van der Waals surface area contributed by atoms with Crippen LogP contribution in [0.15, 0.2) is 29.2 Å². The molecule has 0 aliphatic carbocycles. The predicted octanol–water partition coefficient (Wildman–Crippen LogP) is 0.760. The molecule has 1 unspecified atom stereocenters. The molecule has 0 fully saturated rings. The van der Waals surface area contributed by atoms with Gasteiger partial charge >= 0.3 is 0 Å². The van der Waals surface area contributed by atoms with Crippen molar-refractivity contribution in [3.63, 3.8) is 0 Å². The van der Waals surface area contributed by atoms with E-state index in [1.807, 2.05) is 20.8 Å². The number of pyridine rings is 1. The molecule has 19 heavy (non-hydrogen) atoms. The highest BCUT2D eigenvalue weighted by molar-refractivity contribution is 5.85. The van der Waals surface area contributed by atoms with Gasteiger partial charge < -0.3 is 15.6 Å². The maximum absolute atomic E-state index is 11.9. The van der Waals surface area contributed by atoms with Crippen LogP contribution in [0.2, 0.25) is 0 Å². The highest BCUT2D eigenvalue weighted by atomic mass is 35.5. The van der Waals surface area contributed by atoms with Crippen LogP contribution in [0.5, 0.6) is 0 Å².